The largest absolute Gasteiger partial charge is 0.453 e. The predicted octanol–water partition coefficient (Wildman–Crippen LogP) is 8.08. The highest BCUT2D eigenvalue weighted by Gasteiger charge is 2.20. The van der Waals surface area contributed by atoms with E-state index in [0.717, 1.165) is 10.9 Å². The van der Waals surface area contributed by atoms with Crippen molar-refractivity contribution in [2.24, 2.45) is 0 Å². The average molecular weight is 530 g/mol. The number of aromatic nitrogens is 1. The Kier molecular flexibility index (Phi) is 7.43. The van der Waals surface area contributed by atoms with Crippen molar-refractivity contribution in [1.82, 2.24) is 4.98 Å². The van der Waals surface area contributed by atoms with Crippen molar-refractivity contribution in [2.75, 3.05) is 4.72 Å². The second-order valence-electron chi connectivity index (χ2n) is 6.42. The van der Waals surface area contributed by atoms with E-state index in [4.69, 9.17) is 51.1 Å². The molecule has 0 fully saturated rings. The Morgan fingerprint density at radius 2 is 1.53 bits per heavy atom. The highest BCUT2D eigenvalue weighted by atomic mass is 35.5. The van der Waals surface area contributed by atoms with Crippen molar-refractivity contribution < 1.29 is 13.2 Å². The highest BCUT2D eigenvalue weighted by molar-refractivity contribution is 7.92. The lowest BCUT2D eigenvalue weighted by atomic mass is 10.2. The third kappa shape index (κ3) is 5.22. The van der Waals surface area contributed by atoms with Crippen LogP contribution in [0.1, 0.15) is 7.43 Å². The Hall–Kier alpha value is -2.22. The van der Waals surface area contributed by atoms with Crippen LogP contribution in [-0.2, 0) is 10.0 Å². The number of nitrogens with one attached hydrogen (secondary N) is 1. The molecule has 5 nitrogen and oxygen atoms in total. The van der Waals surface area contributed by atoms with Crippen LogP contribution in [0.3, 0.4) is 0 Å². The normalized spacial score (nSPS) is 11.1. The minimum Gasteiger partial charge on any atom is -0.453 e. The summed E-state index contributed by atoms with van der Waals surface area (Å²) in [7, 11) is -4.00. The Balaban J connectivity index is 0.00000289. The lowest BCUT2D eigenvalue weighted by Gasteiger charge is -2.14. The van der Waals surface area contributed by atoms with Crippen molar-refractivity contribution in [3.8, 4) is 11.5 Å². The minimum atomic E-state index is -4.00. The van der Waals surface area contributed by atoms with Gasteiger partial charge in [0.1, 0.15) is 10.6 Å². The summed E-state index contributed by atoms with van der Waals surface area (Å²) in [5.41, 5.74) is 0.961. The zero-order chi connectivity index (χ0) is 22.2. The van der Waals surface area contributed by atoms with Gasteiger partial charge in [0.2, 0.25) is 0 Å². The molecule has 0 spiro atoms. The Labute approximate surface area is 205 Å². The van der Waals surface area contributed by atoms with Crippen LogP contribution in [0.25, 0.3) is 10.9 Å². The smallest absolute Gasteiger partial charge is 0.263 e. The van der Waals surface area contributed by atoms with Crippen LogP contribution in [0.4, 0.5) is 5.69 Å². The molecule has 0 aliphatic carbocycles. The fraction of sp³-hybridized carbons (Fsp3) is 0.0455. The molecule has 0 aliphatic rings. The molecule has 0 radical (unpaired) electrons. The van der Waals surface area contributed by atoms with Crippen LogP contribution in [0.15, 0.2) is 71.8 Å². The van der Waals surface area contributed by atoms with E-state index in [1.54, 1.807) is 12.3 Å². The molecule has 0 saturated heterocycles. The van der Waals surface area contributed by atoms with E-state index in [0.29, 0.717) is 10.8 Å². The van der Waals surface area contributed by atoms with E-state index < -0.39 is 10.0 Å². The number of hydrogen-bond donors (Lipinski definition) is 1. The maximum Gasteiger partial charge on any atom is 0.263 e. The third-order valence-corrected chi connectivity index (χ3v) is 6.88. The number of halogens is 4. The second-order valence-corrected chi connectivity index (χ2v) is 9.72. The first-order valence-corrected chi connectivity index (χ1v) is 11.7. The zero-order valence-corrected chi connectivity index (χ0v) is 19.3. The number of pyridine rings is 1. The summed E-state index contributed by atoms with van der Waals surface area (Å²) in [6.45, 7) is 0. The molecule has 32 heavy (non-hydrogen) atoms. The van der Waals surface area contributed by atoms with Crippen LogP contribution in [0.2, 0.25) is 20.1 Å². The number of fused-ring (bicyclic) bond motifs is 1. The van der Waals surface area contributed by atoms with Gasteiger partial charge in [-0.1, -0.05) is 72.0 Å². The molecule has 0 amide bonds. The SMILES string of the molecule is C.O=S(=O)(Nc1cc(Cl)c(Oc2cnc3ccccc3c2)c(Cl)c1)c1ccc(Cl)cc1Cl. The van der Waals surface area contributed by atoms with Crippen LogP contribution in [-0.4, -0.2) is 13.4 Å². The van der Waals surface area contributed by atoms with E-state index in [2.05, 4.69) is 9.71 Å². The molecule has 0 atom stereocenters. The molecule has 4 rings (SSSR count). The monoisotopic (exact) mass is 528 g/mol. The van der Waals surface area contributed by atoms with Gasteiger partial charge in [-0.25, -0.2) is 8.42 Å². The zero-order valence-electron chi connectivity index (χ0n) is 15.4. The van der Waals surface area contributed by atoms with Gasteiger partial charge < -0.3 is 4.74 Å². The first-order chi connectivity index (χ1) is 14.7. The molecule has 0 bridgehead atoms. The highest BCUT2D eigenvalue weighted by Crippen LogP contribution is 2.40. The summed E-state index contributed by atoms with van der Waals surface area (Å²) in [6, 6.07) is 16.2. The fourth-order valence-electron chi connectivity index (χ4n) is 2.84. The number of anilines is 1. The molecule has 3 aromatic carbocycles. The summed E-state index contributed by atoms with van der Waals surface area (Å²) in [5, 5.41) is 1.42. The van der Waals surface area contributed by atoms with E-state index in [1.807, 2.05) is 24.3 Å². The van der Waals surface area contributed by atoms with Crippen molar-refractivity contribution >= 4 is 73.0 Å². The van der Waals surface area contributed by atoms with Crippen molar-refractivity contribution in [1.29, 1.82) is 0 Å². The second kappa shape index (κ2) is 9.73. The molecule has 4 aromatic rings. The molecule has 1 N–H and O–H groups in total. The molecule has 1 heterocycles. The van der Waals surface area contributed by atoms with Gasteiger partial charge in [0.25, 0.3) is 10.0 Å². The van der Waals surface area contributed by atoms with Crippen molar-refractivity contribution in [2.45, 2.75) is 12.3 Å². The molecule has 166 valence electrons. The topological polar surface area (TPSA) is 68.3 Å². The number of para-hydroxylation sites is 1. The number of hydrogen-bond acceptors (Lipinski definition) is 4. The van der Waals surface area contributed by atoms with Crippen LogP contribution in [0, 0.1) is 0 Å². The Morgan fingerprint density at radius 1 is 0.844 bits per heavy atom. The molecular weight excluding hydrogens is 514 g/mol. The number of sulfonamides is 1. The Morgan fingerprint density at radius 3 is 2.22 bits per heavy atom. The van der Waals surface area contributed by atoms with Crippen molar-refractivity contribution in [3.05, 3.63) is 87.0 Å². The van der Waals surface area contributed by atoms with Gasteiger partial charge in [-0.3, -0.25) is 9.71 Å². The van der Waals surface area contributed by atoms with Crippen LogP contribution in [0.5, 0.6) is 11.5 Å². The first-order valence-electron chi connectivity index (χ1n) is 8.72. The summed E-state index contributed by atoms with van der Waals surface area (Å²) >= 11 is 24.5. The van der Waals surface area contributed by atoms with Gasteiger partial charge in [-0.05, 0) is 42.5 Å². The molecule has 1 aromatic heterocycles. The van der Waals surface area contributed by atoms with Gasteiger partial charge in [0.05, 0.1) is 32.5 Å². The van der Waals surface area contributed by atoms with E-state index in [9.17, 15) is 8.42 Å². The Bertz CT molecular complexity index is 1390. The van der Waals surface area contributed by atoms with Crippen LogP contribution >= 0.6 is 46.4 Å². The van der Waals surface area contributed by atoms with Gasteiger partial charge in [-0.15, -0.1) is 0 Å². The summed E-state index contributed by atoms with van der Waals surface area (Å²) in [6.07, 6.45) is 1.55. The molecule has 0 aliphatic heterocycles. The van der Waals surface area contributed by atoms with E-state index in [1.165, 1.54) is 30.3 Å². The van der Waals surface area contributed by atoms with Crippen molar-refractivity contribution in [3.63, 3.8) is 0 Å². The molecular formula is C22H16Cl4N2O3S. The van der Waals surface area contributed by atoms with Gasteiger partial charge in [-0.2, -0.15) is 0 Å². The van der Waals surface area contributed by atoms with Gasteiger partial charge in [0.15, 0.2) is 5.75 Å². The van der Waals surface area contributed by atoms with E-state index in [-0.39, 0.29) is 38.8 Å². The number of benzene rings is 3. The quantitative estimate of drug-likeness (QED) is 0.283. The standard InChI is InChI=1S/C21H12Cl4N2O3S.CH4/c22-13-5-6-20(16(23)8-13)31(28,29)27-14-9-17(24)21(18(25)10-14)30-15-7-12-3-1-2-4-19(12)26-11-15;/h1-11,27H;1H4. The lowest BCUT2D eigenvalue weighted by molar-refractivity contribution is 0.482. The lowest BCUT2D eigenvalue weighted by Crippen LogP contribution is -2.13. The predicted molar refractivity (Wildman–Crippen MR) is 132 cm³/mol. The molecule has 10 heteroatoms. The maximum atomic E-state index is 12.7. The fourth-order valence-corrected chi connectivity index (χ4v) is 5.22. The average Bonchev–Trinajstić information content (AvgIpc) is 2.70. The van der Waals surface area contributed by atoms with Crippen LogP contribution < -0.4 is 9.46 Å². The van der Waals surface area contributed by atoms with Gasteiger partial charge >= 0.3 is 0 Å². The summed E-state index contributed by atoms with van der Waals surface area (Å²) in [5.74, 6) is 0.608. The minimum absolute atomic E-state index is 0. The number of nitrogens with zero attached hydrogens (tertiary/aromatic N) is 1. The molecule has 0 saturated carbocycles. The number of rotatable bonds is 5. The first kappa shape index (κ1) is 24.4. The third-order valence-electron chi connectivity index (χ3n) is 4.22. The number of ether oxygens (including phenoxy) is 1. The summed E-state index contributed by atoms with van der Waals surface area (Å²) < 4.78 is 33.6. The molecule has 0 unspecified atom stereocenters. The van der Waals surface area contributed by atoms with E-state index >= 15 is 0 Å². The summed E-state index contributed by atoms with van der Waals surface area (Å²) in [4.78, 5) is 4.19. The van der Waals surface area contributed by atoms with Gasteiger partial charge in [0, 0.05) is 10.4 Å². The maximum absolute atomic E-state index is 12.7.